The number of allylic oxidation sites excluding steroid dienone is 3. The van der Waals surface area contributed by atoms with Crippen LogP contribution in [0, 0.1) is 5.41 Å². The van der Waals surface area contributed by atoms with Gasteiger partial charge >= 0.3 is 0 Å². The molecular formula is C11H16O. The van der Waals surface area contributed by atoms with E-state index >= 15 is 0 Å². The second-order valence-corrected chi connectivity index (χ2v) is 3.51. The maximum Gasteiger partial charge on any atom is 0.155 e. The third-order valence-corrected chi connectivity index (χ3v) is 2.75. The number of carbonyl (C=O) groups excluding carboxylic acids is 1. The number of carbonyl (C=O) groups is 1. The van der Waals surface area contributed by atoms with Crippen molar-refractivity contribution in [3.05, 3.63) is 24.8 Å². The molecule has 0 aromatic rings. The van der Waals surface area contributed by atoms with Crippen LogP contribution in [-0.4, -0.2) is 5.78 Å². The zero-order chi connectivity index (χ0) is 9.03. The first-order valence-electron chi connectivity index (χ1n) is 4.55. The van der Waals surface area contributed by atoms with E-state index in [0.29, 0.717) is 6.42 Å². The number of rotatable bonds is 3. The van der Waals surface area contributed by atoms with Gasteiger partial charge in [0.05, 0.1) is 0 Å². The summed E-state index contributed by atoms with van der Waals surface area (Å²) >= 11 is 0. The van der Waals surface area contributed by atoms with E-state index < -0.39 is 0 Å². The van der Waals surface area contributed by atoms with Crippen molar-refractivity contribution >= 4 is 5.78 Å². The van der Waals surface area contributed by atoms with Crippen molar-refractivity contribution in [3.8, 4) is 0 Å². The molecule has 0 amide bonds. The lowest BCUT2D eigenvalue weighted by Gasteiger charge is -2.30. The van der Waals surface area contributed by atoms with Gasteiger partial charge in [-0.2, -0.15) is 0 Å². The maximum atomic E-state index is 11.0. The summed E-state index contributed by atoms with van der Waals surface area (Å²) in [6.07, 6.45) is 9.54. The van der Waals surface area contributed by atoms with E-state index in [0.717, 1.165) is 19.3 Å². The van der Waals surface area contributed by atoms with Crippen LogP contribution in [-0.2, 0) is 4.79 Å². The Kier molecular flexibility index (Phi) is 2.85. The molecule has 0 bridgehead atoms. The van der Waals surface area contributed by atoms with E-state index in [9.17, 15) is 4.79 Å². The van der Waals surface area contributed by atoms with Gasteiger partial charge in [0.2, 0.25) is 0 Å². The Hall–Kier alpha value is -0.850. The number of hydrogen-bond acceptors (Lipinski definition) is 1. The first-order valence-corrected chi connectivity index (χ1v) is 4.55. The molecule has 12 heavy (non-hydrogen) atoms. The van der Waals surface area contributed by atoms with Gasteiger partial charge in [0.15, 0.2) is 5.78 Å². The van der Waals surface area contributed by atoms with Gasteiger partial charge in [0, 0.05) is 6.42 Å². The molecule has 0 N–H and O–H groups in total. The lowest BCUT2D eigenvalue weighted by atomic mass is 9.74. The summed E-state index contributed by atoms with van der Waals surface area (Å²) in [7, 11) is 0. The van der Waals surface area contributed by atoms with Crippen molar-refractivity contribution in [2.24, 2.45) is 5.41 Å². The molecule has 0 aromatic heterocycles. The van der Waals surface area contributed by atoms with Crippen LogP contribution in [0.15, 0.2) is 24.8 Å². The van der Waals surface area contributed by atoms with Gasteiger partial charge < -0.3 is 0 Å². The topological polar surface area (TPSA) is 17.1 Å². The first kappa shape index (κ1) is 9.24. The highest BCUT2D eigenvalue weighted by atomic mass is 16.1. The Bertz CT molecular complexity index is 215. The molecule has 0 aliphatic heterocycles. The van der Waals surface area contributed by atoms with E-state index in [4.69, 9.17) is 0 Å². The average molecular weight is 164 g/mol. The fourth-order valence-corrected chi connectivity index (χ4v) is 1.71. The Morgan fingerprint density at radius 3 is 2.92 bits per heavy atom. The normalized spacial score (nSPS) is 28.9. The Morgan fingerprint density at radius 2 is 2.50 bits per heavy atom. The Labute approximate surface area is 74.2 Å². The average Bonchev–Trinajstić information content (AvgIpc) is 2.10. The number of hydrogen-bond donors (Lipinski definition) is 0. The standard InChI is InChI=1S/C11H16O/c1-3-7-11(4-2)8-5-10(12)6-9-11/h3,5,8H,1,4,6-7,9H2,2H3/t11-/m1/s1. The number of ketones is 1. The predicted octanol–water partition coefficient (Wildman–Crippen LogP) is 2.88. The van der Waals surface area contributed by atoms with Gasteiger partial charge in [-0.15, -0.1) is 6.58 Å². The molecule has 0 heterocycles. The SMILES string of the molecule is C=CC[C@]1(CC)C=CC(=O)CC1. The highest BCUT2D eigenvalue weighted by Crippen LogP contribution is 2.36. The van der Waals surface area contributed by atoms with Gasteiger partial charge in [0.25, 0.3) is 0 Å². The molecule has 1 rings (SSSR count). The quantitative estimate of drug-likeness (QED) is 0.586. The molecule has 1 atom stereocenters. The molecule has 0 unspecified atom stereocenters. The fraction of sp³-hybridized carbons (Fsp3) is 0.545. The van der Waals surface area contributed by atoms with Crippen LogP contribution in [0.25, 0.3) is 0 Å². The van der Waals surface area contributed by atoms with E-state index in [1.165, 1.54) is 0 Å². The summed E-state index contributed by atoms with van der Waals surface area (Å²) in [4.78, 5) is 11.0. The largest absolute Gasteiger partial charge is 0.295 e. The summed E-state index contributed by atoms with van der Waals surface area (Å²) in [5, 5.41) is 0. The molecule has 1 nitrogen and oxygen atoms in total. The van der Waals surface area contributed by atoms with Crippen molar-refractivity contribution < 1.29 is 4.79 Å². The van der Waals surface area contributed by atoms with Crippen LogP contribution in [0.2, 0.25) is 0 Å². The monoisotopic (exact) mass is 164 g/mol. The zero-order valence-corrected chi connectivity index (χ0v) is 7.68. The van der Waals surface area contributed by atoms with E-state index in [-0.39, 0.29) is 11.2 Å². The minimum Gasteiger partial charge on any atom is -0.295 e. The lowest BCUT2D eigenvalue weighted by molar-refractivity contribution is -0.115. The molecule has 1 aliphatic rings. The Balaban J connectivity index is 2.74. The summed E-state index contributed by atoms with van der Waals surface area (Å²) in [6.45, 7) is 5.92. The van der Waals surface area contributed by atoms with Crippen molar-refractivity contribution in [2.45, 2.75) is 32.6 Å². The lowest BCUT2D eigenvalue weighted by Crippen LogP contribution is -2.21. The summed E-state index contributed by atoms with van der Waals surface area (Å²) in [5.74, 6) is 0.267. The Morgan fingerprint density at radius 1 is 1.75 bits per heavy atom. The third kappa shape index (κ3) is 1.84. The van der Waals surface area contributed by atoms with Crippen molar-refractivity contribution in [2.75, 3.05) is 0 Å². The van der Waals surface area contributed by atoms with E-state index in [1.807, 2.05) is 6.08 Å². The van der Waals surface area contributed by atoms with Crippen LogP contribution in [0.1, 0.15) is 32.6 Å². The molecule has 1 heteroatoms. The molecule has 0 fully saturated rings. The van der Waals surface area contributed by atoms with Crippen LogP contribution >= 0.6 is 0 Å². The summed E-state index contributed by atoms with van der Waals surface area (Å²) < 4.78 is 0. The highest BCUT2D eigenvalue weighted by Gasteiger charge is 2.27. The van der Waals surface area contributed by atoms with Crippen LogP contribution < -0.4 is 0 Å². The molecule has 0 saturated heterocycles. The van der Waals surface area contributed by atoms with Crippen LogP contribution in [0.3, 0.4) is 0 Å². The van der Waals surface area contributed by atoms with Gasteiger partial charge in [0.1, 0.15) is 0 Å². The van der Waals surface area contributed by atoms with Crippen molar-refractivity contribution in [1.29, 1.82) is 0 Å². The fourth-order valence-electron chi connectivity index (χ4n) is 1.71. The second kappa shape index (κ2) is 3.70. The van der Waals surface area contributed by atoms with Gasteiger partial charge in [-0.05, 0) is 30.8 Å². The first-order chi connectivity index (χ1) is 5.72. The highest BCUT2D eigenvalue weighted by molar-refractivity contribution is 5.90. The molecule has 0 spiro atoms. The molecule has 0 radical (unpaired) electrons. The molecule has 0 saturated carbocycles. The van der Waals surface area contributed by atoms with Gasteiger partial charge in [-0.1, -0.05) is 19.1 Å². The molecule has 1 aliphatic carbocycles. The molecular weight excluding hydrogens is 148 g/mol. The van der Waals surface area contributed by atoms with Gasteiger partial charge in [-0.25, -0.2) is 0 Å². The third-order valence-electron chi connectivity index (χ3n) is 2.75. The minimum atomic E-state index is 0.232. The second-order valence-electron chi connectivity index (χ2n) is 3.51. The molecule has 0 aromatic carbocycles. The summed E-state index contributed by atoms with van der Waals surface area (Å²) in [6, 6.07) is 0. The predicted molar refractivity (Wildman–Crippen MR) is 50.9 cm³/mol. The smallest absolute Gasteiger partial charge is 0.155 e. The van der Waals surface area contributed by atoms with Crippen molar-refractivity contribution in [1.82, 2.24) is 0 Å². The van der Waals surface area contributed by atoms with Crippen molar-refractivity contribution in [3.63, 3.8) is 0 Å². The summed E-state index contributed by atoms with van der Waals surface area (Å²) in [5.41, 5.74) is 0.232. The van der Waals surface area contributed by atoms with E-state index in [2.05, 4.69) is 19.6 Å². The van der Waals surface area contributed by atoms with Crippen LogP contribution in [0.5, 0.6) is 0 Å². The maximum absolute atomic E-state index is 11.0. The minimum absolute atomic E-state index is 0.232. The molecule has 66 valence electrons. The van der Waals surface area contributed by atoms with E-state index in [1.54, 1.807) is 6.08 Å². The van der Waals surface area contributed by atoms with Crippen LogP contribution in [0.4, 0.5) is 0 Å². The zero-order valence-electron chi connectivity index (χ0n) is 7.68. The van der Waals surface area contributed by atoms with Gasteiger partial charge in [-0.3, -0.25) is 4.79 Å².